The van der Waals surface area contributed by atoms with Crippen LogP contribution in [0.4, 0.5) is 0 Å². The van der Waals surface area contributed by atoms with E-state index in [0.29, 0.717) is 18.8 Å². The topological polar surface area (TPSA) is 30.5 Å². The zero-order valence-electron chi connectivity index (χ0n) is 12.0. The summed E-state index contributed by atoms with van der Waals surface area (Å²) in [7, 11) is 0. The van der Waals surface area contributed by atoms with Crippen LogP contribution in [0, 0.1) is 0 Å². The highest BCUT2D eigenvalue weighted by atomic mass is 16.5. The van der Waals surface area contributed by atoms with Gasteiger partial charge >= 0.3 is 0 Å². The minimum atomic E-state index is 0.295. The fourth-order valence-electron chi connectivity index (χ4n) is 2.61. The van der Waals surface area contributed by atoms with Gasteiger partial charge in [0, 0.05) is 12.1 Å². The molecule has 1 saturated carbocycles. The number of ether oxygens (including phenoxy) is 2. The van der Waals surface area contributed by atoms with Gasteiger partial charge in [-0.1, -0.05) is 13.0 Å². The van der Waals surface area contributed by atoms with E-state index in [1.165, 1.54) is 19.3 Å². The summed E-state index contributed by atoms with van der Waals surface area (Å²) in [5.41, 5.74) is 0. The van der Waals surface area contributed by atoms with Crippen LogP contribution >= 0.6 is 0 Å². The molecule has 19 heavy (non-hydrogen) atoms. The third kappa shape index (κ3) is 4.13. The smallest absolute Gasteiger partial charge is 0.123 e. The Labute approximate surface area is 116 Å². The fourth-order valence-corrected chi connectivity index (χ4v) is 2.61. The van der Waals surface area contributed by atoms with Crippen LogP contribution in [-0.2, 0) is 0 Å². The van der Waals surface area contributed by atoms with Crippen LogP contribution in [-0.4, -0.2) is 25.3 Å². The predicted molar refractivity (Wildman–Crippen MR) is 78.0 cm³/mol. The van der Waals surface area contributed by atoms with Crippen molar-refractivity contribution in [2.24, 2.45) is 0 Å². The van der Waals surface area contributed by atoms with Crippen molar-refractivity contribution in [1.29, 1.82) is 0 Å². The number of hydrogen-bond donors (Lipinski definition) is 1. The molecule has 0 radical (unpaired) electrons. The summed E-state index contributed by atoms with van der Waals surface area (Å²) in [6.45, 7) is 5.95. The molecule has 1 aromatic carbocycles. The van der Waals surface area contributed by atoms with Crippen molar-refractivity contribution < 1.29 is 9.47 Å². The zero-order valence-corrected chi connectivity index (χ0v) is 12.0. The van der Waals surface area contributed by atoms with E-state index in [0.717, 1.165) is 24.5 Å². The quantitative estimate of drug-likeness (QED) is 0.818. The molecular formula is C16H25NO2. The molecule has 3 heteroatoms. The van der Waals surface area contributed by atoms with Crippen LogP contribution in [0.5, 0.6) is 11.5 Å². The summed E-state index contributed by atoms with van der Waals surface area (Å²) in [6.07, 6.45) is 5.07. The highest BCUT2D eigenvalue weighted by Crippen LogP contribution is 2.27. The third-order valence-corrected chi connectivity index (χ3v) is 3.51. The van der Waals surface area contributed by atoms with Gasteiger partial charge in [-0.25, -0.2) is 0 Å². The van der Waals surface area contributed by atoms with E-state index in [4.69, 9.17) is 9.47 Å². The van der Waals surface area contributed by atoms with Gasteiger partial charge in [-0.2, -0.15) is 0 Å². The summed E-state index contributed by atoms with van der Waals surface area (Å²) in [5.74, 6) is 1.80. The Balaban J connectivity index is 1.93. The molecule has 1 aliphatic rings. The summed E-state index contributed by atoms with van der Waals surface area (Å²) in [4.78, 5) is 0. The minimum Gasteiger partial charge on any atom is -0.494 e. The first-order chi connectivity index (χ1) is 9.33. The average Bonchev–Trinajstić information content (AvgIpc) is 2.84. The Morgan fingerprint density at radius 3 is 2.84 bits per heavy atom. The molecule has 0 heterocycles. The molecule has 0 aliphatic heterocycles. The van der Waals surface area contributed by atoms with Crippen LogP contribution < -0.4 is 14.8 Å². The number of hydrogen-bond acceptors (Lipinski definition) is 3. The fraction of sp³-hybridized carbons (Fsp3) is 0.625. The monoisotopic (exact) mass is 263 g/mol. The maximum atomic E-state index is 6.13. The van der Waals surface area contributed by atoms with E-state index >= 15 is 0 Å². The molecule has 106 valence electrons. The normalized spacial score (nSPS) is 22.4. The molecule has 3 nitrogen and oxygen atoms in total. The lowest BCUT2D eigenvalue weighted by atomic mass is 10.2. The Bertz CT molecular complexity index is 381. The van der Waals surface area contributed by atoms with Crippen molar-refractivity contribution in [1.82, 2.24) is 5.32 Å². The maximum absolute atomic E-state index is 6.13. The lowest BCUT2D eigenvalue weighted by Gasteiger charge is -2.22. The SMILES string of the molecule is CCCNC1CCCC1Oc1cccc(OCC)c1. The lowest BCUT2D eigenvalue weighted by Crippen LogP contribution is -2.39. The van der Waals surface area contributed by atoms with Crippen molar-refractivity contribution in [2.75, 3.05) is 13.2 Å². The summed E-state index contributed by atoms with van der Waals surface area (Å²) in [5, 5.41) is 3.59. The number of benzene rings is 1. The number of nitrogens with one attached hydrogen (secondary N) is 1. The van der Waals surface area contributed by atoms with Gasteiger partial charge < -0.3 is 14.8 Å². The second-order valence-corrected chi connectivity index (χ2v) is 5.06. The van der Waals surface area contributed by atoms with Crippen LogP contribution in [0.3, 0.4) is 0 Å². The van der Waals surface area contributed by atoms with Gasteiger partial charge in [0.15, 0.2) is 0 Å². The second kappa shape index (κ2) is 7.39. The Kier molecular flexibility index (Phi) is 5.52. The molecule has 0 spiro atoms. The highest BCUT2D eigenvalue weighted by molar-refractivity contribution is 5.33. The van der Waals surface area contributed by atoms with E-state index < -0.39 is 0 Å². The predicted octanol–water partition coefficient (Wildman–Crippen LogP) is 3.38. The van der Waals surface area contributed by atoms with E-state index in [1.54, 1.807) is 0 Å². The minimum absolute atomic E-state index is 0.295. The van der Waals surface area contributed by atoms with Crippen molar-refractivity contribution in [3.8, 4) is 11.5 Å². The Morgan fingerprint density at radius 1 is 1.21 bits per heavy atom. The summed E-state index contributed by atoms with van der Waals surface area (Å²) >= 11 is 0. The first kappa shape index (κ1) is 14.2. The zero-order chi connectivity index (χ0) is 13.5. The first-order valence-corrected chi connectivity index (χ1v) is 7.46. The van der Waals surface area contributed by atoms with Gasteiger partial charge in [-0.3, -0.25) is 0 Å². The molecule has 0 amide bonds. The van der Waals surface area contributed by atoms with Gasteiger partial charge in [0.25, 0.3) is 0 Å². The standard InChI is InChI=1S/C16H25NO2/c1-3-11-17-15-9-6-10-16(15)19-14-8-5-7-13(12-14)18-4-2/h5,7-8,12,15-17H,3-4,6,9-11H2,1-2H3. The molecule has 0 bridgehead atoms. The van der Waals surface area contributed by atoms with Crippen LogP contribution in [0.2, 0.25) is 0 Å². The van der Waals surface area contributed by atoms with Crippen molar-refractivity contribution in [2.45, 2.75) is 51.7 Å². The molecule has 1 N–H and O–H groups in total. The van der Waals surface area contributed by atoms with E-state index in [9.17, 15) is 0 Å². The summed E-state index contributed by atoms with van der Waals surface area (Å²) < 4.78 is 11.6. The molecule has 0 aromatic heterocycles. The van der Waals surface area contributed by atoms with Gasteiger partial charge in [0.1, 0.15) is 17.6 Å². The van der Waals surface area contributed by atoms with Crippen molar-refractivity contribution in [3.05, 3.63) is 24.3 Å². The second-order valence-electron chi connectivity index (χ2n) is 5.06. The lowest BCUT2D eigenvalue weighted by molar-refractivity contribution is 0.174. The van der Waals surface area contributed by atoms with Crippen LogP contribution in [0.1, 0.15) is 39.5 Å². The largest absolute Gasteiger partial charge is 0.494 e. The van der Waals surface area contributed by atoms with Gasteiger partial charge in [0.2, 0.25) is 0 Å². The molecule has 2 rings (SSSR count). The maximum Gasteiger partial charge on any atom is 0.123 e. The highest BCUT2D eigenvalue weighted by Gasteiger charge is 2.28. The third-order valence-electron chi connectivity index (χ3n) is 3.51. The van der Waals surface area contributed by atoms with Crippen molar-refractivity contribution in [3.63, 3.8) is 0 Å². The van der Waals surface area contributed by atoms with Gasteiger partial charge in [-0.15, -0.1) is 0 Å². The summed E-state index contributed by atoms with van der Waals surface area (Å²) in [6, 6.07) is 8.45. The van der Waals surface area contributed by atoms with Crippen LogP contribution in [0.15, 0.2) is 24.3 Å². The van der Waals surface area contributed by atoms with Gasteiger partial charge in [0.05, 0.1) is 6.61 Å². The molecule has 1 aromatic rings. The van der Waals surface area contributed by atoms with E-state index in [1.807, 2.05) is 31.2 Å². The molecule has 1 aliphatic carbocycles. The van der Waals surface area contributed by atoms with Gasteiger partial charge in [-0.05, 0) is 51.3 Å². The molecule has 2 atom stereocenters. The van der Waals surface area contributed by atoms with Crippen molar-refractivity contribution >= 4 is 0 Å². The average molecular weight is 263 g/mol. The molecular weight excluding hydrogens is 238 g/mol. The first-order valence-electron chi connectivity index (χ1n) is 7.46. The Hall–Kier alpha value is -1.22. The van der Waals surface area contributed by atoms with Crippen LogP contribution in [0.25, 0.3) is 0 Å². The molecule has 0 saturated heterocycles. The van der Waals surface area contributed by atoms with E-state index in [2.05, 4.69) is 12.2 Å². The Morgan fingerprint density at radius 2 is 2.05 bits per heavy atom. The van der Waals surface area contributed by atoms with E-state index in [-0.39, 0.29) is 0 Å². The molecule has 1 fully saturated rings. The molecule has 2 unspecified atom stereocenters. The number of rotatable bonds is 7.